The molecule has 0 radical (unpaired) electrons. The highest BCUT2D eigenvalue weighted by Crippen LogP contribution is 2.69. The van der Waals surface area contributed by atoms with Gasteiger partial charge in [-0.05, 0) is 44.1 Å². The molecule has 4 aliphatic rings. The van der Waals surface area contributed by atoms with Gasteiger partial charge < -0.3 is 14.6 Å². The van der Waals surface area contributed by atoms with E-state index in [0.717, 1.165) is 6.26 Å². The van der Waals surface area contributed by atoms with Crippen molar-refractivity contribution in [1.82, 2.24) is 0 Å². The van der Waals surface area contributed by atoms with Crippen LogP contribution in [0.25, 0.3) is 0 Å². The Balaban J connectivity index is 1.79. The molecule has 0 spiro atoms. The highest BCUT2D eigenvalue weighted by Gasteiger charge is 2.73. The number of rotatable bonds is 3. The van der Waals surface area contributed by atoms with Gasteiger partial charge in [0.15, 0.2) is 5.67 Å². The van der Waals surface area contributed by atoms with E-state index in [9.17, 15) is 14.3 Å². The highest BCUT2D eigenvalue weighted by atomic mass is 19.1. The van der Waals surface area contributed by atoms with Gasteiger partial charge >= 0.3 is 5.97 Å². The number of esters is 1. The minimum atomic E-state index is -2.17. The fourth-order valence-electron chi connectivity index (χ4n) is 7.05. The van der Waals surface area contributed by atoms with E-state index in [1.807, 2.05) is 13.8 Å². The number of hydrogen-bond donors (Lipinski definition) is 1. The molecule has 3 aliphatic carbocycles. The summed E-state index contributed by atoms with van der Waals surface area (Å²) >= 11 is 0. The van der Waals surface area contributed by atoms with Crippen molar-refractivity contribution in [2.24, 2.45) is 28.6 Å². The lowest BCUT2D eigenvalue weighted by Gasteiger charge is -2.62. The zero-order chi connectivity index (χ0) is 22.1. The van der Waals surface area contributed by atoms with Gasteiger partial charge in [-0.3, -0.25) is 4.79 Å². The summed E-state index contributed by atoms with van der Waals surface area (Å²) in [6.07, 6.45) is -0.0484. The average molecular weight is 428 g/mol. The van der Waals surface area contributed by atoms with Gasteiger partial charge in [-0.15, -0.1) is 0 Å². The SMILES string of the molecule is CCC(=O)O[C@@H]1[C@H](C)C[C@H]2[C@@H]3C[C@H](F)C4=COC(CF)=C[C@]4(C)[C@@]3(F)[C@@H](O)C[C@]12C. The van der Waals surface area contributed by atoms with E-state index in [-0.39, 0.29) is 48.4 Å². The Kier molecular flexibility index (Phi) is 5.07. The van der Waals surface area contributed by atoms with Gasteiger partial charge in [0.1, 0.15) is 24.7 Å². The van der Waals surface area contributed by atoms with Gasteiger partial charge in [0.25, 0.3) is 0 Å². The third-order valence-electron chi connectivity index (χ3n) is 8.44. The molecule has 7 heteroatoms. The minimum absolute atomic E-state index is 0.0282. The van der Waals surface area contributed by atoms with Crippen molar-refractivity contribution >= 4 is 5.97 Å². The molecule has 0 bridgehead atoms. The first-order chi connectivity index (χ1) is 14.0. The molecular formula is C23H31F3O4. The first-order valence-electron chi connectivity index (χ1n) is 10.9. The maximum absolute atomic E-state index is 17.0. The monoisotopic (exact) mass is 428 g/mol. The molecule has 0 saturated heterocycles. The van der Waals surface area contributed by atoms with Crippen LogP contribution in [0.4, 0.5) is 13.2 Å². The largest absolute Gasteiger partial charge is 0.467 e. The second kappa shape index (κ2) is 7.01. The van der Waals surface area contributed by atoms with E-state index in [1.165, 1.54) is 13.0 Å². The Labute approximate surface area is 175 Å². The lowest BCUT2D eigenvalue weighted by Crippen LogP contribution is -2.68. The van der Waals surface area contributed by atoms with E-state index in [2.05, 4.69) is 0 Å². The number of allylic oxidation sites excluding steroid dienone is 3. The van der Waals surface area contributed by atoms with Crippen molar-refractivity contribution in [2.45, 2.75) is 77.4 Å². The Morgan fingerprint density at radius 1 is 1.33 bits per heavy atom. The van der Waals surface area contributed by atoms with Gasteiger partial charge in [0, 0.05) is 23.3 Å². The molecule has 0 aromatic rings. The normalized spacial score (nSPS) is 49.7. The summed E-state index contributed by atoms with van der Waals surface area (Å²) < 4.78 is 56.6. The number of carbonyl (C=O) groups excluding carboxylic acids is 1. The van der Waals surface area contributed by atoms with Crippen molar-refractivity contribution in [1.29, 1.82) is 0 Å². The Morgan fingerprint density at radius 3 is 2.67 bits per heavy atom. The molecular weight excluding hydrogens is 397 g/mol. The van der Waals surface area contributed by atoms with E-state index in [4.69, 9.17) is 9.47 Å². The van der Waals surface area contributed by atoms with E-state index in [0.29, 0.717) is 6.42 Å². The van der Waals surface area contributed by atoms with Crippen LogP contribution in [-0.2, 0) is 14.3 Å². The molecule has 4 rings (SSSR count). The molecule has 0 unspecified atom stereocenters. The second-order valence-electron chi connectivity index (χ2n) is 10.0. The standard InChI is InChI=1S/C23H31F3O4/c1-5-19(28)30-20-12(2)6-14-15-7-17(25)16-11-29-13(10-24)8-22(16,4)23(15,26)18(27)9-21(14,20)3/h8,11-12,14-15,17-18,20,27H,5-7,9-10H2,1-4H3/t12-,14+,15+,17+,18+,20-,21+,22+,23+/m1/s1. The third-order valence-corrected chi connectivity index (χ3v) is 8.44. The number of aliphatic hydroxyl groups excluding tert-OH is 1. The van der Waals surface area contributed by atoms with E-state index < -0.39 is 47.5 Å². The molecule has 0 amide bonds. The van der Waals surface area contributed by atoms with E-state index in [1.54, 1.807) is 6.92 Å². The number of aliphatic hydroxyl groups is 1. The molecule has 9 atom stereocenters. The summed E-state index contributed by atoms with van der Waals surface area (Å²) in [5, 5.41) is 11.2. The molecule has 1 N–H and O–H groups in total. The molecule has 0 aromatic heterocycles. The van der Waals surface area contributed by atoms with Crippen LogP contribution in [0.15, 0.2) is 23.7 Å². The van der Waals surface area contributed by atoms with Crippen molar-refractivity contribution in [3.8, 4) is 0 Å². The summed E-state index contributed by atoms with van der Waals surface area (Å²) in [5.74, 6) is -1.48. The van der Waals surface area contributed by atoms with Crippen molar-refractivity contribution in [3.05, 3.63) is 23.7 Å². The Morgan fingerprint density at radius 2 is 2.03 bits per heavy atom. The lowest BCUT2D eigenvalue weighted by atomic mass is 9.46. The fourth-order valence-corrected chi connectivity index (χ4v) is 7.05. The van der Waals surface area contributed by atoms with Crippen LogP contribution >= 0.6 is 0 Å². The van der Waals surface area contributed by atoms with Gasteiger partial charge in [-0.1, -0.05) is 20.8 Å². The van der Waals surface area contributed by atoms with Gasteiger partial charge in [0.05, 0.1) is 17.8 Å². The number of halogens is 3. The van der Waals surface area contributed by atoms with Crippen molar-refractivity contribution < 1.29 is 32.5 Å². The molecule has 3 fully saturated rings. The number of alkyl halides is 3. The van der Waals surface area contributed by atoms with E-state index >= 15 is 8.78 Å². The predicted octanol–water partition coefficient (Wildman–Crippen LogP) is 4.58. The molecule has 1 aliphatic heterocycles. The summed E-state index contributed by atoms with van der Waals surface area (Å²) in [5.41, 5.74) is -4.21. The topological polar surface area (TPSA) is 55.8 Å². The van der Waals surface area contributed by atoms with Crippen LogP contribution in [-0.4, -0.2) is 41.8 Å². The number of carbonyl (C=O) groups is 1. The van der Waals surface area contributed by atoms with Crippen LogP contribution in [0.5, 0.6) is 0 Å². The Bertz CT molecular complexity index is 797. The van der Waals surface area contributed by atoms with Gasteiger partial charge in [0.2, 0.25) is 0 Å². The predicted molar refractivity (Wildman–Crippen MR) is 104 cm³/mol. The maximum atomic E-state index is 17.0. The van der Waals surface area contributed by atoms with Crippen LogP contribution in [0, 0.1) is 28.6 Å². The maximum Gasteiger partial charge on any atom is 0.305 e. The van der Waals surface area contributed by atoms with Crippen LogP contribution in [0.1, 0.15) is 53.4 Å². The lowest BCUT2D eigenvalue weighted by molar-refractivity contribution is -0.213. The zero-order valence-electron chi connectivity index (χ0n) is 18.0. The van der Waals surface area contributed by atoms with Crippen molar-refractivity contribution in [3.63, 3.8) is 0 Å². The van der Waals surface area contributed by atoms with Gasteiger partial charge in [-0.2, -0.15) is 0 Å². The summed E-state index contributed by atoms with van der Waals surface area (Å²) in [7, 11) is 0. The summed E-state index contributed by atoms with van der Waals surface area (Å²) in [6.45, 7) is 6.20. The van der Waals surface area contributed by atoms with Crippen molar-refractivity contribution in [2.75, 3.05) is 6.67 Å². The molecule has 4 nitrogen and oxygen atoms in total. The van der Waals surface area contributed by atoms with Crippen LogP contribution in [0.3, 0.4) is 0 Å². The number of ether oxygens (including phenoxy) is 2. The summed E-state index contributed by atoms with van der Waals surface area (Å²) in [6, 6.07) is 0. The number of fused-ring (bicyclic) bond motifs is 5. The number of hydrogen-bond acceptors (Lipinski definition) is 4. The molecule has 0 aromatic carbocycles. The zero-order valence-corrected chi connectivity index (χ0v) is 18.0. The Hall–Kier alpha value is -1.50. The average Bonchev–Trinajstić information content (AvgIpc) is 2.94. The first kappa shape index (κ1) is 21.7. The molecule has 1 heterocycles. The molecule has 168 valence electrons. The molecule has 3 saturated carbocycles. The van der Waals surface area contributed by atoms with Crippen LogP contribution in [0.2, 0.25) is 0 Å². The fraction of sp³-hybridized carbons (Fsp3) is 0.783. The third kappa shape index (κ3) is 2.66. The smallest absolute Gasteiger partial charge is 0.305 e. The van der Waals surface area contributed by atoms with Gasteiger partial charge in [-0.25, -0.2) is 13.2 Å². The minimum Gasteiger partial charge on any atom is -0.467 e. The first-order valence-corrected chi connectivity index (χ1v) is 10.9. The highest BCUT2D eigenvalue weighted by molar-refractivity contribution is 5.69. The summed E-state index contributed by atoms with van der Waals surface area (Å²) in [4.78, 5) is 12.0. The molecule has 30 heavy (non-hydrogen) atoms. The quantitative estimate of drug-likeness (QED) is 0.669. The van der Waals surface area contributed by atoms with Crippen LogP contribution < -0.4 is 0 Å². The second-order valence-corrected chi connectivity index (χ2v) is 10.0.